The van der Waals surface area contributed by atoms with Crippen LogP contribution in [0, 0.1) is 0 Å². The lowest BCUT2D eigenvalue weighted by molar-refractivity contribution is -0.122. The molecular weight excluding hydrogens is 570 g/mol. The van der Waals surface area contributed by atoms with Crippen LogP contribution in [-0.2, 0) is 14.9 Å². The molecule has 0 aliphatic carbocycles. The fraction of sp³-hybridized carbons (Fsp3) is 0.703. The molecule has 254 valence electrons. The van der Waals surface area contributed by atoms with E-state index in [4.69, 9.17) is 0 Å². The second-order valence-electron chi connectivity index (χ2n) is 11.8. The first-order valence-electron chi connectivity index (χ1n) is 17.5. The lowest BCUT2D eigenvalue weighted by Gasteiger charge is -2.21. The summed E-state index contributed by atoms with van der Waals surface area (Å²) in [5.74, 6) is -1.03. The van der Waals surface area contributed by atoms with E-state index in [9.17, 15) is 22.9 Å². The summed E-state index contributed by atoms with van der Waals surface area (Å²) in [5.41, 5.74) is 0. The minimum Gasteiger partial charge on any atom is -0.387 e. The Labute approximate surface area is 271 Å². The van der Waals surface area contributed by atoms with Crippen molar-refractivity contribution in [3.05, 3.63) is 60.8 Å². The van der Waals surface area contributed by atoms with Gasteiger partial charge in [-0.3, -0.25) is 9.35 Å². The molecule has 2 unspecified atom stereocenters. The number of allylic oxidation sites excluding steroid dienone is 9. The van der Waals surface area contributed by atoms with Gasteiger partial charge in [0.1, 0.15) is 0 Å². The van der Waals surface area contributed by atoms with Crippen molar-refractivity contribution in [2.75, 3.05) is 5.75 Å². The number of carbonyl (C=O) groups excluding carboxylic acids is 1. The molecule has 7 heteroatoms. The summed E-state index contributed by atoms with van der Waals surface area (Å²) in [7, 11) is -4.35. The summed E-state index contributed by atoms with van der Waals surface area (Å²) < 4.78 is 32.2. The van der Waals surface area contributed by atoms with Gasteiger partial charge >= 0.3 is 0 Å². The average molecular weight is 636 g/mol. The number of rotatable bonds is 30. The summed E-state index contributed by atoms with van der Waals surface area (Å²) in [5, 5.41) is 13.0. The number of nitrogens with one attached hydrogen (secondary N) is 1. The van der Waals surface area contributed by atoms with E-state index in [0.717, 1.165) is 64.2 Å². The van der Waals surface area contributed by atoms with Gasteiger partial charge in [-0.2, -0.15) is 8.42 Å². The van der Waals surface area contributed by atoms with E-state index < -0.39 is 28.0 Å². The minimum absolute atomic E-state index is 0.270. The van der Waals surface area contributed by atoms with Crippen molar-refractivity contribution in [1.82, 2.24) is 5.32 Å². The summed E-state index contributed by atoms with van der Waals surface area (Å²) in [6.07, 6.45) is 42.2. The van der Waals surface area contributed by atoms with Crippen LogP contribution in [0.5, 0.6) is 0 Å². The minimum atomic E-state index is -4.35. The molecule has 0 aromatic heterocycles. The maximum atomic E-state index is 12.4. The Morgan fingerprint density at radius 1 is 0.614 bits per heavy atom. The molecule has 6 nitrogen and oxygen atoms in total. The fourth-order valence-electron chi connectivity index (χ4n) is 4.75. The zero-order valence-corrected chi connectivity index (χ0v) is 28.8. The molecule has 0 heterocycles. The Morgan fingerprint density at radius 3 is 1.66 bits per heavy atom. The highest BCUT2D eigenvalue weighted by Gasteiger charge is 2.24. The smallest absolute Gasteiger partial charge is 0.267 e. The standard InChI is InChI=1S/C37H65NO5S/c1-3-5-7-9-11-13-14-15-16-17-18-19-20-21-22-23-24-25-27-29-31-33-37(40)38-35(34-44(41,42)43)36(39)32-30-28-26-12-10-8-6-4-2/h10,12,14-15,17-18,20-21,30,32,35-36,39H,3-9,11,13,16,19,22-29,31,33-34H2,1-2H3,(H,38,40)(H,41,42,43)/b12-10+,15-14-,18-17-,21-20-,32-30+. The number of hydrogen-bond acceptors (Lipinski definition) is 4. The normalized spacial score (nSPS) is 14.2. The van der Waals surface area contributed by atoms with Crippen LogP contribution in [0.4, 0.5) is 0 Å². The molecule has 0 saturated carbocycles. The molecule has 0 aromatic carbocycles. The third-order valence-electron chi connectivity index (χ3n) is 7.42. The Hall–Kier alpha value is -1.96. The maximum absolute atomic E-state index is 12.4. The highest BCUT2D eigenvalue weighted by atomic mass is 32.2. The fourth-order valence-corrected chi connectivity index (χ4v) is 5.48. The number of hydrogen-bond donors (Lipinski definition) is 3. The third kappa shape index (κ3) is 31.5. The van der Waals surface area contributed by atoms with Crippen LogP contribution < -0.4 is 5.32 Å². The SMILES string of the molecule is CCCC/C=C/CC/C=C/C(O)C(CS(=O)(=O)O)NC(=O)CCCCCCCC/C=C\C/C=C\C/C=C\CCCCCCC. The maximum Gasteiger partial charge on any atom is 0.267 e. The van der Waals surface area contributed by atoms with Crippen LogP contribution in [0.15, 0.2) is 60.8 Å². The van der Waals surface area contributed by atoms with Crippen molar-refractivity contribution in [1.29, 1.82) is 0 Å². The first kappa shape index (κ1) is 42.0. The number of aliphatic hydroxyl groups is 1. The first-order chi connectivity index (χ1) is 21.3. The van der Waals surface area contributed by atoms with E-state index >= 15 is 0 Å². The Morgan fingerprint density at radius 2 is 1.07 bits per heavy atom. The van der Waals surface area contributed by atoms with Gasteiger partial charge < -0.3 is 10.4 Å². The van der Waals surface area contributed by atoms with Gasteiger partial charge in [0.05, 0.1) is 17.9 Å². The molecule has 3 N–H and O–H groups in total. The summed E-state index contributed by atoms with van der Waals surface area (Å²) in [4.78, 5) is 12.4. The lowest BCUT2D eigenvalue weighted by atomic mass is 10.1. The van der Waals surface area contributed by atoms with Crippen LogP contribution >= 0.6 is 0 Å². The van der Waals surface area contributed by atoms with E-state index in [2.05, 4.69) is 67.8 Å². The molecule has 0 aliphatic rings. The second-order valence-corrected chi connectivity index (χ2v) is 13.3. The van der Waals surface area contributed by atoms with Crippen molar-refractivity contribution >= 4 is 16.0 Å². The molecule has 2 atom stereocenters. The molecular formula is C37H65NO5S. The summed E-state index contributed by atoms with van der Waals surface area (Å²) in [6.45, 7) is 4.40. The van der Waals surface area contributed by atoms with E-state index in [1.165, 1.54) is 57.4 Å². The Kier molecular flexibility index (Phi) is 29.7. The topological polar surface area (TPSA) is 104 Å². The molecule has 1 amide bonds. The number of aliphatic hydroxyl groups excluding tert-OH is 1. The van der Waals surface area contributed by atoms with Gasteiger partial charge in [-0.05, 0) is 64.2 Å². The van der Waals surface area contributed by atoms with E-state index in [-0.39, 0.29) is 12.3 Å². The van der Waals surface area contributed by atoms with Gasteiger partial charge in [-0.15, -0.1) is 0 Å². The molecule has 0 bridgehead atoms. The number of unbranched alkanes of at least 4 members (excludes halogenated alkanes) is 14. The molecule has 0 saturated heterocycles. The molecule has 0 rings (SSSR count). The van der Waals surface area contributed by atoms with Crippen LogP contribution in [0.2, 0.25) is 0 Å². The van der Waals surface area contributed by atoms with Crippen molar-refractivity contribution in [2.24, 2.45) is 0 Å². The van der Waals surface area contributed by atoms with Crippen LogP contribution in [0.3, 0.4) is 0 Å². The predicted molar refractivity (Wildman–Crippen MR) is 188 cm³/mol. The molecule has 44 heavy (non-hydrogen) atoms. The van der Waals surface area contributed by atoms with Gasteiger partial charge in [0.2, 0.25) is 5.91 Å². The number of amides is 1. The Bertz CT molecular complexity index is 920. The highest BCUT2D eigenvalue weighted by molar-refractivity contribution is 7.85. The zero-order chi connectivity index (χ0) is 32.6. The van der Waals surface area contributed by atoms with Crippen molar-refractivity contribution in [3.8, 4) is 0 Å². The molecule has 0 aliphatic heterocycles. The highest BCUT2D eigenvalue weighted by Crippen LogP contribution is 2.11. The van der Waals surface area contributed by atoms with E-state index in [1.54, 1.807) is 6.08 Å². The van der Waals surface area contributed by atoms with Gasteiger partial charge in [-0.25, -0.2) is 0 Å². The van der Waals surface area contributed by atoms with E-state index in [0.29, 0.717) is 12.8 Å². The van der Waals surface area contributed by atoms with Crippen molar-refractivity contribution < 1.29 is 22.9 Å². The molecule has 0 aromatic rings. The van der Waals surface area contributed by atoms with Crippen molar-refractivity contribution in [2.45, 2.75) is 161 Å². The predicted octanol–water partition coefficient (Wildman–Crippen LogP) is 9.73. The quantitative estimate of drug-likeness (QED) is 0.0414. The Balaban J connectivity index is 3.97. The van der Waals surface area contributed by atoms with Crippen LogP contribution in [0.1, 0.15) is 149 Å². The molecule has 0 fully saturated rings. The molecule has 0 radical (unpaired) electrons. The van der Waals surface area contributed by atoms with Crippen molar-refractivity contribution in [3.63, 3.8) is 0 Å². The average Bonchev–Trinajstić information content (AvgIpc) is 2.98. The molecule has 0 spiro atoms. The van der Waals surface area contributed by atoms with Gasteiger partial charge in [0, 0.05) is 6.42 Å². The largest absolute Gasteiger partial charge is 0.387 e. The van der Waals surface area contributed by atoms with Crippen LogP contribution in [-0.4, -0.2) is 41.9 Å². The third-order valence-corrected chi connectivity index (χ3v) is 8.20. The number of carbonyl (C=O) groups is 1. The zero-order valence-electron chi connectivity index (χ0n) is 28.0. The summed E-state index contributed by atoms with van der Waals surface area (Å²) in [6, 6.07) is -1.08. The summed E-state index contributed by atoms with van der Waals surface area (Å²) >= 11 is 0. The van der Waals surface area contributed by atoms with Gasteiger partial charge in [-0.1, -0.05) is 139 Å². The second kappa shape index (κ2) is 31.0. The van der Waals surface area contributed by atoms with Crippen LogP contribution in [0.25, 0.3) is 0 Å². The lowest BCUT2D eigenvalue weighted by Crippen LogP contribution is -2.46. The van der Waals surface area contributed by atoms with E-state index in [1.807, 2.05) is 0 Å². The monoisotopic (exact) mass is 635 g/mol. The van der Waals surface area contributed by atoms with Gasteiger partial charge in [0.25, 0.3) is 10.1 Å². The van der Waals surface area contributed by atoms with Gasteiger partial charge in [0.15, 0.2) is 0 Å². The first-order valence-corrected chi connectivity index (χ1v) is 19.1.